The average molecular weight is 522 g/mol. The Labute approximate surface area is 216 Å². The molecular formula is C27H21ClFN3O5. The van der Waals surface area contributed by atoms with Crippen molar-refractivity contribution in [1.29, 1.82) is 0 Å². The molecule has 0 atom stereocenters. The number of esters is 1. The van der Waals surface area contributed by atoms with Gasteiger partial charge in [-0.05, 0) is 86.6 Å². The molecule has 1 aliphatic rings. The number of ether oxygens (including phenoxy) is 1. The Bertz CT molecular complexity index is 1400. The minimum absolute atomic E-state index is 0.126. The highest BCUT2D eigenvalue weighted by Gasteiger charge is 2.39. The highest BCUT2D eigenvalue weighted by Crippen LogP contribution is 2.30. The van der Waals surface area contributed by atoms with Crippen molar-refractivity contribution in [2.45, 2.75) is 20.0 Å². The third-order valence-corrected chi connectivity index (χ3v) is 5.60. The molecular weight excluding hydrogens is 501 g/mol. The maximum Gasteiger partial charge on any atom is 0.338 e. The van der Waals surface area contributed by atoms with Crippen LogP contribution in [0.2, 0.25) is 0 Å². The zero-order valence-corrected chi connectivity index (χ0v) is 20.5. The van der Waals surface area contributed by atoms with Crippen LogP contribution in [0.5, 0.6) is 0 Å². The van der Waals surface area contributed by atoms with Gasteiger partial charge in [0.25, 0.3) is 17.7 Å². The van der Waals surface area contributed by atoms with E-state index in [1.165, 1.54) is 60.7 Å². The summed E-state index contributed by atoms with van der Waals surface area (Å²) in [5, 5.41) is 5.18. The lowest BCUT2D eigenvalue weighted by Crippen LogP contribution is -2.32. The van der Waals surface area contributed by atoms with E-state index in [1.54, 1.807) is 26.0 Å². The Morgan fingerprint density at radius 1 is 0.838 bits per heavy atom. The highest BCUT2D eigenvalue weighted by atomic mass is 35.5. The molecule has 1 heterocycles. The number of nitrogens with zero attached hydrogens (tertiary/aromatic N) is 1. The number of imide groups is 1. The molecule has 8 nitrogen and oxygen atoms in total. The number of nitrogens with one attached hydrogen (secondary N) is 2. The number of carbonyl (C=O) groups excluding carboxylic acids is 4. The fourth-order valence-corrected chi connectivity index (χ4v) is 3.67. The Morgan fingerprint density at radius 3 is 2.00 bits per heavy atom. The normalized spacial score (nSPS) is 13.3. The van der Waals surface area contributed by atoms with Crippen LogP contribution >= 0.6 is 11.6 Å². The predicted molar refractivity (Wildman–Crippen MR) is 137 cm³/mol. The predicted octanol–water partition coefficient (Wildman–Crippen LogP) is 5.08. The smallest absolute Gasteiger partial charge is 0.338 e. The number of amides is 3. The third-order valence-electron chi connectivity index (χ3n) is 5.25. The first kappa shape index (κ1) is 25.6. The first-order chi connectivity index (χ1) is 17.6. The van der Waals surface area contributed by atoms with Crippen LogP contribution in [0.1, 0.15) is 34.6 Å². The minimum Gasteiger partial charge on any atom is -0.459 e. The highest BCUT2D eigenvalue weighted by molar-refractivity contribution is 6.53. The maximum atomic E-state index is 13.0. The summed E-state index contributed by atoms with van der Waals surface area (Å²) in [6.07, 6.45) is -0.288. The van der Waals surface area contributed by atoms with Gasteiger partial charge in [0, 0.05) is 16.9 Å². The van der Waals surface area contributed by atoms with Crippen LogP contribution < -0.4 is 15.5 Å². The fraction of sp³-hybridized carbons (Fsp3) is 0.111. The summed E-state index contributed by atoms with van der Waals surface area (Å²) in [4.78, 5) is 51.1. The van der Waals surface area contributed by atoms with Crippen LogP contribution in [-0.4, -0.2) is 29.8 Å². The van der Waals surface area contributed by atoms with Gasteiger partial charge in [-0.1, -0.05) is 11.6 Å². The molecule has 0 aromatic heterocycles. The van der Waals surface area contributed by atoms with E-state index in [0.717, 1.165) is 4.90 Å². The topological polar surface area (TPSA) is 105 Å². The third kappa shape index (κ3) is 5.68. The molecule has 0 radical (unpaired) electrons. The van der Waals surface area contributed by atoms with E-state index in [9.17, 15) is 23.6 Å². The molecule has 0 saturated carbocycles. The van der Waals surface area contributed by atoms with Crippen molar-refractivity contribution in [1.82, 2.24) is 0 Å². The molecule has 0 saturated heterocycles. The maximum absolute atomic E-state index is 13.0. The Kier molecular flexibility index (Phi) is 7.35. The van der Waals surface area contributed by atoms with Gasteiger partial charge in [-0.25, -0.2) is 14.1 Å². The number of carbonyl (C=O) groups is 4. The van der Waals surface area contributed by atoms with E-state index < -0.39 is 29.5 Å². The molecule has 4 rings (SSSR count). The van der Waals surface area contributed by atoms with Crippen molar-refractivity contribution >= 4 is 52.4 Å². The first-order valence-electron chi connectivity index (χ1n) is 11.2. The molecule has 37 heavy (non-hydrogen) atoms. The van der Waals surface area contributed by atoms with E-state index >= 15 is 0 Å². The average Bonchev–Trinajstić information content (AvgIpc) is 3.08. The number of anilines is 3. The summed E-state index contributed by atoms with van der Waals surface area (Å²) in [5.41, 5.74) is 1.56. The van der Waals surface area contributed by atoms with Gasteiger partial charge in [0.15, 0.2) is 0 Å². The monoisotopic (exact) mass is 521 g/mol. The van der Waals surface area contributed by atoms with Gasteiger partial charge < -0.3 is 15.4 Å². The summed E-state index contributed by atoms with van der Waals surface area (Å²) >= 11 is 6.18. The molecule has 0 fully saturated rings. The number of benzene rings is 3. The van der Waals surface area contributed by atoms with Crippen LogP contribution in [0.4, 0.5) is 21.5 Å². The van der Waals surface area contributed by atoms with Crippen LogP contribution in [-0.2, 0) is 14.3 Å². The van der Waals surface area contributed by atoms with E-state index in [-0.39, 0.29) is 28.1 Å². The van der Waals surface area contributed by atoms with E-state index in [0.29, 0.717) is 16.9 Å². The summed E-state index contributed by atoms with van der Waals surface area (Å²) < 4.78 is 18.2. The fourth-order valence-electron chi connectivity index (χ4n) is 3.46. The molecule has 0 bridgehead atoms. The van der Waals surface area contributed by atoms with E-state index in [2.05, 4.69) is 10.6 Å². The van der Waals surface area contributed by atoms with Gasteiger partial charge in [-0.2, -0.15) is 0 Å². The first-order valence-corrected chi connectivity index (χ1v) is 11.6. The second kappa shape index (κ2) is 10.6. The number of hydrogen-bond donors (Lipinski definition) is 2. The second-order valence-electron chi connectivity index (χ2n) is 8.30. The molecule has 188 valence electrons. The Hall–Kier alpha value is -4.50. The van der Waals surface area contributed by atoms with Crippen LogP contribution in [0, 0.1) is 5.82 Å². The minimum atomic E-state index is -0.720. The molecule has 0 spiro atoms. The van der Waals surface area contributed by atoms with Gasteiger partial charge in [-0.15, -0.1) is 0 Å². The van der Waals surface area contributed by atoms with Crippen molar-refractivity contribution < 1.29 is 28.3 Å². The molecule has 3 amide bonds. The number of halogens is 2. The molecule has 1 aliphatic heterocycles. The van der Waals surface area contributed by atoms with Gasteiger partial charge in [0.05, 0.1) is 17.4 Å². The lowest BCUT2D eigenvalue weighted by atomic mass is 10.2. The zero-order valence-electron chi connectivity index (χ0n) is 19.7. The van der Waals surface area contributed by atoms with Gasteiger partial charge in [-0.3, -0.25) is 14.4 Å². The molecule has 10 heteroatoms. The standard InChI is InChI=1S/C27H21ClFN3O5/c1-15(2)37-27(36)17-5-13-21(14-6-17)32-25(34)22(28)23(26(32)35)30-19-9-3-16(4-10-19)24(33)31-20-11-7-18(29)8-12-20/h3-15,30H,1-2H3,(H,31,33). The Balaban J connectivity index is 1.44. The molecule has 0 aliphatic carbocycles. The molecule has 3 aromatic rings. The molecule has 2 N–H and O–H groups in total. The largest absolute Gasteiger partial charge is 0.459 e. The number of hydrogen-bond acceptors (Lipinski definition) is 6. The van der Waals surface area contributed by atoms with E-state index in [4.69, 9.17) is 16.3 Å². The zero-order chi connectivity index (χ0) is 26.7. The van der Waals surface area contributed by atoms with Crippen LogP contribution in [0.3, 0.4) is 0 Å². The number of rotatable bonds is 7. The summed E-state index contributed by atoms with van der Waals surface area (Å²) in [6.45, 7) is 3.46. The molecule has 0 unspecified atom stereocenters. The van der Waals surface area contributed by atoms with Crippen molar-refractivity contribution in [3.05, 3.63) is 100 Å². The van der Waals surface area contributed by atoms with Gasteiger partial charge in [0.1, 0.15) is 16.5 Å². The van der Waals surface area contributed by atoms with Crippen molar-refractivity contribution in [3.8, 4) is 0 Å². The van der Waals surface area contributed by atoms with Gasteiger partial charge >= 0.3 is 5.97 Å². The van der Waals surface area contributed by atoms with Crippen molar-refractivity contribution in [3.63, 3.8) is 0 Å². The van der Waals surface area contributed by atoms with Crippen LogP contribution in [0.25, 0.3) is 0 Å². The van der Waals surface area contributed by atoms with Gasteiger partial charge in [0.2, 0.25) is 0 Å². The lowest BCUT2D eigenvalue weighted by Gasteiger charge is -2.16. The summed E-state index contributed by atoms with van der Waals surface area (Å²) in [5.74, 6) is -2.74. The molecule has 3 aromatic carbocycles. The van der Waals surface area contributed by atoms with Crippen molar-refractivity contribution in [2.75, 3.05) is 15.5 Å². The quantitative estimate of drug-likeness (QED) is 0.332. The van der Waals surface area contributed by atoms with Crippen molar-refractivity contribution in [2.24, 2.45) is 0 Å². The summed E-state index contributed by atoms with van der Waals surface area (Å²) in [7, 11) is 0. The Morgan fingerprint density at radius 2 is 1.41 bits per heavy atom. The summed E-state index contributed by atoms with van der Waals surface area (Å²) in [6, 6.07) is 17.3. The lowest BCUT2D eigenvalue weighted by molar-refractivity contribution is -0.120. The van der Waals surface area contributed by atoms with E-state index in [1.807, 2.05) is 0 Å². The van der Waals surface area contributed by atoms with Crippen LogP contribution in [0.15, 0.2) is 83.5 Å². The second-order valence-corrected chi connectivity index (χ2v) is 8.68. The SMILES string of the molecule is CC(C)OC(=O)c1ccc(N2C(=O)C(Cl)=C(Nc3ccc(C(=O)Nc4ccc(F)cc4)cc3)C2=O)cc1.